The maximum Gasteiger partial charge on any atom is 0.187 e. The first-order valence-corrected chi connectivity index (χ1v) is 17.6. The molecular weight excluding hydrogens is 612 g/mol. The van der Waals surface area contributed by atoms with Crippen molar-refractivity contribution < 1.29 is 59.8 Å². The van der Waals surface area contributed by atoms with Gasteiger partial charge >= 0.3 is 0 Å². The molecule has 0 amide bonds. The molecule has 0 spiro atoms. The largest absolute Gasteiger partial charge is 0.394 e. The average Bonchev–Trinajstić information content (AvgIpc) is 3.26. The molecule has 5 fully saturated rings. The molecule has 18 unspecified atom stereocenters. The quantitative estimate of drug-likeness (QED) is 0.183. The maximum atomic E-state index is 11.9. The fraction of sp³-hybridized carbons (Fsp3) is 0.943. The number of rotatable bonds is 6. The van der Waals surface area contributed by atoms with Crippen LogP contribution in [0.2, 0.25) is 0 Å². The van der Waals surface area contributed by atoms with E-state index in [0.717, 1.165) is 19.3 Å². The number of aliphatic hydroxyl groups is 8. The molecule has 47 heavy (non-hydrogen) atoms. The van der Waals surface area contributed by atoms with E-state index in [-0.39, 0.29) is 22.2 Å². The van der Waals surface area contributed by atoms with Gasteiger partial charge in [0.1, 0.15) is 48.8 Å². The molecule has 8 N–H and O–H groups in total. The normalized spacial score (nSPS) is 55.9. The highest BCUT2D eigenvalue weighted by Crippen LogP contribution is 2.74. The highest BCUT2D eigenvalue weighted by Gasteiger charge is 2.69. The maximum absolute atomic E-state index is 11.9. The minimum absolute atomic E-state index is 0.0979. The van der Waals surface area contributed by atoms with Crippen molar-refractivity contribution in [1.29, 1.82) is 0 Å². The van der Waals surface area contributed by atoms with Crippen molar-refractivity contribution in [1.82, 2.24) is 0 Å². The highest BCUT2D eigenvalue weighted by molar-refractivity contribution is 5.31. The van der Waals surface area contributed by atoms with Crippen LogP contribution >= 0.6 is 0 Å². The molecule has 12 heteroatoms. The topological polar surface area (TPSA) is 199 Å². The molecule has 4 aliphatic carbocycles. The summed E-state index contributed by atoms with van der Waals surface area (Å²) in [5.74, 6) is 1.10. The zero-order valence-corrected chi connectivity index (χ0v) is 28.6. The Kier molecular flexibility index (Phi) is 9.58. The summed E-state index contributed by atoms with van der Waals surface area (Å²) in [5, 5.41) is 84.3. The fourth-order valence-electron chi connectivity index (χ4n) is 10.9. The number of aliphatic hydroxyl groups excluding tert-OH is 8. The second-order valence-electron chi connectivity index (χ2n) is 16.8. The standard InChI is InChI=1S/C35H58O12/c1-16-11-12-33(4)21-9-7-17-18(35(21,6)22(37)13-34(16,33)5)8-10-23(32(17,2)3)47-31-29(43)27(41)25(39)20(46-31)15-44-30-28(42)26(40)24(38)19(14-36)45-30/h7,16,18-31,36-43H,8-15H2,1-6H3. The van der Waals surface area contributed by atoms with Crippen LogP contribution < -0.4 is 0 Å². The summed E-state index contributed by atoms with van der Waals surface area (Å²) in [5.41, 5.74) is 0.731. The van der Waals surface area contributed by atoms with Gasteiger partial charge in [-0.05, 0) is 67.1 Å². The van der Waals surface area contributed by atoms with Gasteiger partial charge in [-0.2, -0.15) is 0 Å². The molecule has 0 aromatic heterocycles. The molecule has 2 saturated heterocycles. The molecule has 3 saturated carbocycles. The third kappa shape index (κ3) is 5.31. The van der Waals surface area contributed by atoms with Gasteiger partial charge in [-0.15, -0.1) is 0 Å². The van der Waals surface area contributed by atoms with Crippen LogP contribution in [0.4, 0.5) is 0 Å². The van der Waals surface area contributed by atoms with E-state index in [1.54, 1.807) is 0 Å². The Bertz CT molecular complexity index is 1180. The van der Waals surface area contributed by atoms with Crippen molar-refractivity contribution in [2.75, 3.05) is 13.2 Å². The van der Waals surface area contributed by atoms with E-state index in [1.165, 1.54) is 18.4 Å². The summed E-state index contributed by atoms with van der Waals surface area (Å²) in [6.45, 7) is 12.7. The van der Waals surface area contributed by atoms with E-state index in [1.807, 2.05) is 0 Å². The van der Waals surface area contributed by atoms with Gasteiger partial charge in [0.15, 0.2) is 12.6 Å². The summed E-state index contributed by atoms with van der Waals surface area (Å²) in [6.07, 6.45) is -7.63. The van der Waals surface area contributed by atoms with E-state index in [0.29, 0.717) is 18.3 Å². The van der Waals surface area contributed by atoms with E-state index in [2.05, 4.69) is 47.6 Å². The predicted octanol–water partition coefficient (Wildman–Crippen LogP) is 0.592. The van der Waals surface area contributed by atoms with Gasteiger partial charge in [-0.25, -0.2) is 0 Å². The van der Waals surface area contributed by atoms with Crippen molar-refractivity contribution in [2.24, 2.45) is 39.4 Å². The Balaban J connectivity index is 1.17. The molecule has 2 heterocycles. The summed E-state index contributed by atoms with van der Waals surface area (Å²) < 4.78 is 23.4. The Morgan fingerprint density at radius 3 is 2.04 bits per heavy atom. The molecule has 6 rings (SSSR count). The Morgan fingerprint density at radius 2 is 1.38 bits per heavy atom. The number of allylic oxidation sites excluding steroid dienone is 1. The Morgan fingerprint density at radius 1 is 0.766 bits per heavy atom. The third-order valence-electron chi connectivity index (χ3n) is 14.6. The Hall–Kier alpha value is -0.740. The van der Waals surface area contributed by atoms with Crippen molar-refractivity contribution in [3.8, 4) is 0 Å². The van der Waals surface area contributed by atoms with Crippen LogP contribution in [0.1, 0.15) is 80.1 Å². The van der Waals surface area contributed by atoms with Gasteiger partial charge in [0, 0.05) is 10.8 Å². The molecular formula is C35H58O12. The SMILES string of the molecule is CC1CCC2(C)C3CC=C4C(CCC(OC5OC(COC6OC(CO)C(O)C(O)C6O)C(O)C(O)C5O)C4(C)C)C3(C)C(O)CC12C. The first kappa shape index (κ1) is 36.1. The minimum atomic E-state index is -1.65. The fourth-order valence-corrected chi connectivity index (χ4v) is 10.9. The van der Waals surface area contributed by atoms with Crippen LogP contribution in [0.5, 0.6) is 0 Å². The third-order valence-corrected chi connectivity index (χ3v) is 14.6. The van der Waals surface area contributed by atoms with Gasteiger partial charge < -0.3 is 59.8 Å². The zero-order valence-electron chi connectivity index (χ0n) is 28.6. The molecule has 0 aromatic carbocycles. The first-order valence-electron chi connectivity index (χ1n) is 17.6. The lowest BCUT2D eigenvalue weighted by Gasteiger charge is -2.67. The van der Waals surface area contributed by atoms with Crippen LogP contribution in [0, 0.1) is 39.4 Å². The number of hydrogen-bond acceptors (Lipinski definition) is 12. The number of hydrogen-bond donors (Lipinski definition) is 8. The van der Waals surface area contributed by atoms with E-state index in [4.69, 9.17) is 18.9 Å². The molecule has 0 radical (unpaired) electrons. The summed E-state index contributed by atoms with van der Waals surface area (Å²) in [4.78, 5) is 0. The van der Waals surface area contributed by atoms with E-state index >= 15 is 0 Å². The number of fused-ring (bicyclic) bond motifs is 5. The van der Waals surface area contributed by atoms with E-state index in [9.17, 15) is 40.9 Å². The van der Waals surface area contributed by atoms with Crippen LogP contribution in [0.15, 0.2) is 11.6 Å². The van der Waals surface area contributed by atoms with Crippen LogP contribution in [-0.4, -0.2) is 128 Å². The zero-order chi connectivity index (χ0) is 34.4. The second-order valence-corrected chi connectivity index (χ2v) is 16.8. The van der Waals surface area contributed by atoms with Crippen molar-refractivity contribution in [3.63, 3.8) is 0 Å². The molecule has 18 atom stereocenters. The Labute approximate surface area is 277 Å². The lowest BCUT2D eigenvalue weighted by molar-refractivity contribution is -0.340. The van der Waals surface area contributed by atoms with Crippen molar-refractivity contribution in [3.05, 3.63) is 11.6 Å². The van der Waals surface area contributed by atoms with Crippen LogP contribution in [0.25, 0.3) is 0 Å². The summed E-state index contributed by atoms with van der Waals surface area (Å²) in [6, 6.07) is 0. The van der Waals surface area contributed by atoms with Gasteiger partial charge in [0.05, 0.1) is 25.4 Å². The van der Waals surface area contributed by atoms with Gasteiger partial charge in [-0.1, -0.05) is 53.2 Å². The van der Waals surface area contributed by atoms with E-state index < -0.39 is 92.2 Å². The van der Waals surface area contributed by atoms with Gasteiger partial charge in [0.2, 0.25) is 0 Å². The predicted molar refractivity (Wildman–Crippen MR) is 167 cm³/mol. The molecule has 0 bridgehead atoms. The lowest BCUT2D eigenvalue weighted by Crippen LogP contribution is -2.65. The molecule has 12 nitrogen and oxygen atoms in total. The van der Waals surface area contributed by atoms with Crippen molar-refractivity contribution in [2.45, 2.75) is 154 Å². The molecule has 270 valence electrons. The van der Waals surface area contributed by atoms with Crippen molar-refractivity contribution >= 4 is 0 Å². The monoisotopic (exact) mass is 670 g/mol. The lowest BCUT2D eigenvalue weighted by atomic mass is 9.38. The summed E-state index contributed by atoms with van der Waals surface area (Å²) in [7, 11) is 0. The van der Waals surface area contributed by atoms with Gasteiger partial charge in [-0.3, -0.25) is 0 Å². The first-order chi connectivity index (χ1) is 21.9. The molecule has 2 aliphatic heterocycles. The summed E-state index contributed by atoms with van der Waals surface area (Å²) >= 11 is 0. The minimum Gasteiger partial charge on any atom is -0.394 e. The molecule has 0 aromatic rings. The second kappa shape index (κ2) is 12.5. The number of ether oxygens (including phenoxy) is 4. The molecule has 6 aliphatic rings. The average molecular weight is 671 g/mol. The van der Waals surface area contributed by atoms with Gasteiger partial charge in [0.25, 0.3) is 0 Å². The van der Waals surface area contributed by atoms with Crippen LogP contribution in [-0.2, 0) is 18.9 Å². The highest BCUT2D eigenvalue weighted by atomic mass is 16.7. The van der Waals surface area contributed by atoms with Crippen LogP contribution in [0.3, 0.4) is 0 Å². The smallest absolute Gasteiger partial charge is 0.187 e.